The van der Waals surface area contributed by atoms with Gasteiger partial charge in [-0.2, -0.15) is 0 Å². The number of benzene rings is 1. The van der Waals surface area contributed by atoms with Crippen LogP contribution in [0.1, 0.15) is 44.6 Å². The van der Waals surface area contributed by atoms with E-state index in [9.17, 15) is 10.2 Å². The number of likely N-dealkylation sites (tertiary alicyclic amines) is 1. The highest BCUT2D eigenvalue weighted by Crippen LogP contribution is 2.41. The summed E-state index contributed by atoms with van der Waals surface area (Å²) in [6.07, 6.45) is 8.84. The molecule has 3 rings (SSSR count). The number of piperidine rings is 1. The van der Waals surface area contributed by atoms with Crippen LogP contribution in [0.4, 0.5) is 0 Å². The lowest BCUT2D eigenvalue weighted by molar-refractivity contribution is -0.188. The van der Waals surface area contributed by atoms with Crippen molar-refractivity contribution >= 4 is 0 Å². The summed E-state index contributed by atoms with van der Waals surface area (Å²) in [5.74, 6) is 0.837. The van der Waals surface area contributed by atoms with E-state index in [2.05, 4.69) is 17.0 Å². The third-order valence-corrected chi connectivity index (χ3v) is 7.53. The maximum atomic E-state index is 11.0. The molecule has 1 aromatic carbocycles. The summed E-state index contributed by atoms with van der Waals surface area (Å²) in [5, 5.41) is 20.3. The predicted octanol–water partition coefficient (Wildman–Crippen LogP) is 3.70. The van der Waals surface area contributed by atoms with Crippen molar-refractivity contribution in [2.75, 3.05) is 47.1 Å². The molecule has 202 valence electrons. The Bertz CT molecular complexity index is 807. The molecule has 1 aromatic rings. The third-order valence-electron chi connectivity index (χ3n) is 7.53. The van der Waals surface area contributed by atoms with Crippen molar-refractivity contribution in [1.82, 2.24) is 4.90 Å². The summed E-state index contributed by atoms with van der Waals surface area (Å²) in [5.41, 5.74) is 0.123. The van der Waals surface area contributed by atoms with Gasteiger partial charge in [0.05, 0.1) is 25.9 Å². The number of aliphatic hydroxyl groups is 2. The first-order chi connectivity index (χ1) is 17.6. The van der Waals surface area contributed by atoms with Gasteiger partial charge in [-0.1, -0.05) is 42.5 Å². The second-order valence-electron chi connectivity index (χ2n) is 9.69. The van der Waals surface area contributed by atoms with Crippen molar-refractivity contribution < 1.29 is 29.2 Å². The Kier molecular flexibility index (Phi) is 11.9. The second kappa shape index (κ2) is 14.9. The molecule has 0 amide bonds. The largest absolute Gasteiger partial charge is 0.498 e. The normalized spacial score (nSPS) is 24.9. The lowest BCUT2D eigenvalue weighted by Gasteiger charge is -2.48. The van der Waals surface area contributed by atoms with Crippen molar-refractivity contribution in [1.29, 1.82) is 0 Å². The minimum absolute atomic E-state index is 0.126. The predicted molar refractivity (Wildman–Crippen MR) is 141 cm³/mol. The molecule has 2 N–H and O–H groups in total. The van der Waals surface area contributed by atoms with E-state index in [0.29, 0.717) is 19.0 Å². The molecule has 7 heteroatoms. The van der Waals surface area contributed by atoms with Gasteiger partial charge in [-0.15, -0.1) is 0 Å². The minimum Gasteiger partial charge on any atom is -0.498 e. The van der Waals surface area contributed by atoms with Crippen LogP contribution in [0, 0.1) is 5.92 Å². The zero-order valence-electron chi connectivity index (χ0n) is 22.2. The third kappa shape index (κ3) is 7.18. The average Bonchev–Trinajstić information content (AvgIpc) is 2.92. The average molecular weight is 504 g/mol. The standard InChI is InChI=1S/C29H45NO6/c1-4-35-28(29(34-3)26(32)13-8-14-27(29)33-2)24-15-18-30(19-16-24)20-17-25(12-9-21-31)36-22-23-10-6-5-7-11-23/h5-8,10-11,13-14,24-26,28,31-32H,4,9,12,15-22H2,1-3H3. The van der Waals surface area contributed by atoms with Gasteiger partial charge in [-0.05, 0) is 69.7 Å². The summed E-state index contributed by atoms with van der Waals surface area (Å²) in [6.45, 7) is 6.18. The second-order valence-corrected chi connectivity index (χ2v) is 9.69. The highest BCUT2D eigenvalue weighted by Gasteiger charge is 2.53. The number of aliphatic hydroxyl groups excluding tert-OH is 2. The SMILES string of the molecule is CCOC(C1CCN(CCC(CCCO)OCc2ccccc2)CC1)C1(OC)C(OC)=CC=CC1O. The van der Waals surface area contributed by atoms with Gasteiger partial charge < -0.3 is 34.1 Å². The van der Waals surface area contributed by atoms with E-state index in [1.54, 1.807) is 26.4 Å². The monoisotopic (exact) mass is 503 g/mol. The summed E-state index contributed by atoms with van der Waals surface area (Å²) in [6, 6.07) is 10.2. The molecule has 4 atom stereocenters. The van der Waals surface area contributed by atoms with Crippen molar-refractivity contribution in [3.05, 3.63) is 59.9 Å². The van der Waals surface area contributed by atoms with Crippen molar-refractivity contribution in [3.8, 4) is 0 Å². The Morgan fingerprint density at radius 2 is 1.83 bits per heavy atom. The fourth-order valence-corrected chi connectivity index (χ4v) is 5.55. The molecule has 1 aliphatic heterocycles. The van der Waals surface area contributed by atoms with Crippen LogP contribution in [0.2, 0.25) is 0 Å². The smallest absolute Gasteiger partial charge is 0.180 e. The van der Waals surface area contributed by atoms with Gasteiger partial charge in [0, 0.05) is 26.9 Å². The highest BCUT2D eigenvalue weighted by atomic mass is 16.6. The molecule has 1 fully saturated rings. The van der Waals surface area contributed by atoms with E-state index in [0.717, 1.165) is 51.7 Å². The summed E-state index contributed by atoms with van der Waals surface area (Å²) in [4.78, 5) is 2.49. The summed E-state index contributed by atoms with van der Waals surface area (Å²) < 4.78 is 24.2. The Balaban J connectivity index is 1.57. The number of ether oxygens (including phenoxy) is 4. The molecule has 1 saturated heterocycles. The molecule has 0 bridgehead atoms. The Morgan fingerprint density at radius 3 is 2.47 bits per heavy atom. The van der Waals surface area contributed by atoms with Gasteiger partial charge in [-0.3, -0.25) is 0 Å². The van der Waals surface area contributed by atoms with E-state index >= 15 is 0 Å². The molecule has 0 saturated carbocycles. The molecule has 2 aliphatic rings. The summed E-state index contributed by atoms with van der Waals surface area (Å²) >= 11 is 0. The molecular formula is C29H45NO6. The van der Waals surface area contributed by atoms with Gasteiger partial charge in [0.25, 0.3) is 0 Å². The minimum atomic E-state index is -1.05. The molecule has 7 nitrogen and oxygen atoms in total. The molecule has 36 heavy (non-hydrogen) atoms. The van der Waals surface area contributed by atoms with Crippen molar-refractivity contribution in [3.63, 3.8) is 0 Å². The van der Waals surface area contributed by atoms with E-state index in [4.69, 9.17) is 18.9 Å². The van der Waals surface area contributed by atoms with Crippen LogP contribution < -0.4 is 0 Å². The maximum absolute atomic E-state index is 11.0. The number of nitrogens with zero attached hydrogens (tertiary/aromatic N) is 1. The molecule has 4 unspecified atom stereocenters. The molecular weight excluding hydrogens is 458 g/mol. The van der Waals surface area contributed by atoms with Crippen LogP contribution in [0.25, 0.3) is 0 Å². The highest BCUT2D eigenvalue weighted by molar-refractivity contribution is 5.31. The van der Waals surface area contributed by atoms with Crippen molar-refractivity contribution in [2.24, 2.45) is 5.92 Å². The van der Waals surface area contributed by atoms with Gasteiger partial charge in [-0.25, -0.2) is 0 Å². The van der Waals surface area contributed by atoms with Gasteiger partial charge in [0.2, 0.25) is 0 Å². The van der Waals surface area contributed by atoms with Gasteiger partial charge in [0.15, 0.2) is 5.60 Å². The van der Waals surface area contributed by atoms with Crippen LogP contribution in [-0.2, 0) is 25.6 Å². The first-order valence-electron chi connectivity index (χ1n) is 13.4. The topological polar surface area (TPSA) is 80.6 Å². The quantitative estimate of drug-likeness (QED) is 0.378. The van der Waals surface area contributed by atoms with Crippen LogP contribution in [0.5, 0.6) is 0 Å². The van der Waals surface area contributed by atoms with Crippen LogP contribution >= 0.6 is 0 Å². The van der Waals surface area contributed by atoms with Crippen LogP contribution in [0.15, 0.2) is 54.3 Å². The first kappa shape index (κ1) is 28.8. The molecule has 0 spiro atoms. The zero-order valence-corrected chi connectivity index (χ0v) is 22.2. The lowest BCUT2D eigenvalue weighted by atomic mass is 9.75. The Hall–Kier alpha value is -1.74. The number of rotatable bonds is 15. The zero-order chi connectivity index (χ0) is 25.8. The maximum Gasteiger partial charge on any atom is 0.180 e. The van der Waals surface area contributed by atoms with Gasteiger partial charge >= 0.3 is 0 Å². The van der Waals surface area contributed by atoms with Crippen LogP contribution in [0.3, 0.4) is 0 Å². The Labute approximate surface area is 216 Å². The number of hydrogen-bond acceptors (Lipinski definition) is 7. The van der Waals surface area contributed by atoms with E-state index < -0.39 is 11.7 Å². The summed E-state index contributed by atoms with van der Waals surface area (Å²) in [7, 11) is 3.24. The first-order valence-corrected chi connectivity index (χ1v) is 13.4. The van der Waals surface area contributed by atoms with E-state index in [-0.39, 0.29) is 24.7 Å². The molecule has 0 aromatic heterocycles. The Morgan fingerprint density at radius 1 is 1.08 bits per heavy atom. The fraction of sp³-hybridized carbons (Fsp3) is 0.655. The number of hydrogen-bond donors (Lipinski definition) is 2. The molecule has 0 radical (unpaired) electrons. The van der Waals surface area contributed by atoms with E-state index in [1.807, 2.05) is 31.2 Å². The van der Waals surface area contributed by atoms with E-state index in [1.165, 1.54) is 5.56 Å². The van der Waals surface area contributed by atoms with Crippen LogP contribution in [-0.4, -0.2) is 86.1 Å². The number of methoxy groups -OCH3 is 2. The van der Waals surface area contributed by atoms with Gasteiger partial charge in [0.1, 0.15) is 11.9 Å². The molecule has 1 heterocycles. The lowest BCUT2D eigenvalue weighted by Crippen LogP contribution is -2.60. The van der Waals surface area contributed by atoms with Crippen molar-refractivity contribution in [2.45, 2.75) is 69.5 Å². The number of allylic oxidation sites excluding steroid dienone is 2. The molecule has 1 aliphatic carbocycles. The fourth-order valence-electron chi connectivity index (χ4n) is 5.55.